The summed E-state index contributed by atoms with van der Waals surface area (Å²) in [6.45, 7) is 4.95. The number of piperazine rings is 1. The van der Waals surface area contributed by atoms with Crippen molar-refractivity contribution in [2.75, 3.05) is 43.9 Å². The molecule has 122 valence electrons. The van der Waals surface area contributed by atoms with Crippen molar-refractivity contribution in [1.82, 2.24) is 4.90 Å². The number of nitrogen functional groups attached to an aromatic ring is 1. The summed E-state index contributed by atoms with van der Waals surface area (Å²) in [7, 11) is 1.69. The van der Waals surface area contributed by atoms with E-state index in [1.165, 1.54) is 5.56 Å². The summed E-state index contributed by atoms with van der Waals surface area (Å²) in [6, 6.07) is 14.0. The molecule has 0 aliphatic carbocycles. The van der Waals surface area contributed by atoms with Crippen LogP contribution in [0.3, 0.4) is 0 Å². The molecule has 1 fully saturated rings. The fourth-order valence-corrected chi connectivity index (χ4v) is 3.22. The molecule has 0 aromatic heterocycles. The lowest BCUT2D eigenvalue weighted by Crippen LogP contribution is -2.46. The van der Waals surface area contributed by atoms with Gasteiger partial charge in [0, 0.05) is 38.4 Å². The second kappa shape index (κ2) is 7.11. The van der Waals surface area contributed by atoms with E-state index < -0.39 is 0 Å². The molecule has 2 N–H and O–H groups in total. The van der Waals surface area contributed by atoms with Crippen LogP contribution >= 0.6 is 11.6 Å². The number of ether oxygens (including phenoxy) is 1. The summed E-state index contributed by atoms with van der Waals surface area (Å²) < 4.78 is 5.20. The highest BCUT2D eigenvalue weighted by molar-refractivity contribution is 6.33. The first kappa shape index (κ1) is 16.0. The van der Waals surface area contributed by atoms with Gasteiger partial charge in [0.05, 0.1) is 17.8 Å². The zero-order valence-electron chi connectivity index (χ0n) is 13.3. The van der Waals surface area contributed by atoms with Crippen LogP contribution in [0.4, 0.5) is 11.4 Å². The van der Waals surface area contributed by atoms with Crippen LogP contribution in [0.2, 0.25) is 5.02 Å². The molecule has 1 saturated heterocycles. The summed E-state index contributed by atoms with van der Waals surface area (Å²) in [5.41, 5.74) is 8.86. The first-order chi connectivity index (χ1) is 11.2. The maximum absolute atomic E-state index is 6.31. The van der Waals surface area contributed by atoms with Gasteiger partial charge in [0.1, 0.15) is 5.75 Å². The molecule has 0 spiro atoms. The Morgan fingerprint density at radius 3 is 2.35 bits per heavy atom. The monoisotopic (exact) mass is 331 g/mol. The maximum atomic E-state index is 6.31. The fourth-order valence-electron chi connectivity index (χ4n) is 2.92. The van der Waals surface area contributed by atoms with E-state index in [1.807, 2.05) is 30.3 Å². The molecule has 0 amide bonds. The van der Waals surface area contributed by atoms with Gasteiger partial charge in [-0.1, -0.05) is 23.7 Å². The lowest BCUT2D eigenvalue weighted by atomic mass is 10.1. The van der Waals surface area contributed by atoms with Crippen LogP contribution < -0.4 is 15.4 Å². The van der Waals surface area contributed by atoms with Gasteiger partial charge in [0.25, 0.3) is 0 Å². The van der Waals surface area contributed by atoms with Crippen molar-refractivity contribution in [1.29, 1.82) is 0 Å². The van der Waals surface area contributed by atoms with E-state index in [4.69, 9.17) is 22.1 Å². The van der Waals surface area contributed by atoms with Crippen LogP contribution in [-0.4, -0.2) is 38.2 Å². The molecule has 5 heteroatoms. The van der Waals surface area contributed by atoms with Crippen LogP contribution in [-0.2, 0) is 6.54 Å². The lowest BCUT2D eigenvalue weighted by molar-refractivity contribution is 0.250. The van der Waals surface area contributed by atoms with E-state index >= 15 is 0 Å². The second-order valence-corrected chi connectivity index (χ2v) is 6.23. The van der Waals surface area contributed by atoms with Crippen LogP contribution in [0, 0.1) is 0 Å². The van der Waals surface area contributed by atoms with Crippen molar-refractivity contribution in [2.45, 2.75) is 6.54 Å². The van der Waals surface area contributed by atoms with Crippen LogP contribution in [0.1, 0.15) is 5.56 Å². The SMILES string of the molecule is COc1ccc(CN2CCN(c3ccc(N)cc3Cl)CC2)cc1. The van der Waals surface area contributed by atoms with Gasteiger partial charge >= 0.3 is 0 Å². The van der Waals surface area contributed by atoms with Crippen molar-refractivity contribution in [3.63, 3.8) is 0 Å². The number of halogens is 1. The number of anilines is 2. The first-order valence-corrected chi connectivity index (χ1v) is 8.19. The number of nitrogens with zero attached hydrogens (tertiary/aromatic N) is 2. The Labute approximate surface area is 142 Å². The molecule has 2 aromatic rings. The summed E-state index contributed by atoms with van der Waals surface area (Å²) in [5.74, 6) is 0.900. The lowest BCUT2D eigenvalue weighted by Gasteiger charge is -2.36. The third-order valence-corrected chi connectivity index (χ3v) is 4.55. The average Bonchev–Trinajstić information content (AvgIpc) is 2.57. The van der Waals surface area contributed by atoms with E-state index in [1.54, 1.807) is 7.11 Å². The summed E-state index contributed by atoms with van der Waals surface area (Å²) >= 11 is 6.31. The molecular formula is C18H22ClN3O. The molecule has 4 nitrogen and oxygen atoms in total. The molecule has 0 atom stereocenters. The Morgan fingerprint density at radius 2 is 1.74 bits per heavy atom. The van der Waals surface area contributed by atoms with Gasteiger partial charge < -0.3 is 15.4 Å². The molecule has 2 aromatic carbocycles. The Hall–Kier alpha value is -1.91. The second-order valence-electron chi connectivity index (χ2n) is 5.82. The minimum Gasteiger partial charge on any atom is -0.497 e. The molecule has 3 rings (SSSR count). The Bertz CT molecular complexity index is 652. The summed E-state index contributed by atoms with van der Waals surface area (Å²) in [5, 5.41) is 0.730. The van der Waals surface area contributed by atoms with Gasteiger partial charge in [-0.2, -0.15) is 0 Å². The number of benzene rings is 2. The molecule has 1 heterocycles. The van der Waals surface area contributed by atoms with Crippen LogP contribution in [0.25, 0.3) is 0 Å². The van der Waals surface area contributed by atoms with Crippen LogP contribution in [0.15, 0.2) is 42.5 Å². The van der Waals surface area contributed by atoms with Gasteiger partial charge in [-0.15, -0.1) is 0 Å². The molecule has 0 saturated carbocycles. The van der Waals surface area contributed by atoms with Crippen molar-refractivity contribution in [2.24, 2.45) is 0 Å². The molecule has 1 aliphatic heterocycles. The number of hydrogen-bond donors (Lipinski definition) is 1. The number of nitrogens with two attached hydrogens (primary N) is 1. The molecule has 0 unspecified atom stereocenters. The highest BCUT2D eigenvalue weighted by atomic mass is 35.5. The van der Waals surface area contributed by atoms with Crippen LogP contribution in [0.5, 0.6) is 5.75 Å². The first-order valence-electron chi connectivity index (χ1n) is 7.81. The van der Waals surface area contributed by atoms with Gasteiger partial charge in [0.2, 0.25) is 0 Å². The predicted octanol–water partition coefficient (Wildman–Crippen LogP) is 3.25. The molecule has 0 radical (unpaired) electrons. The smallest absolute Gasteiger partial charge is 0.118 e. The quantitative estimate of drug-likeness (QED) is 0.873. The van der Waals surface area contributed by atoms with Gasteiger partial charge in [-0.25, -0.2) is 0 Å². The number of hydrogen-bond acceptors (Lipinski definition) is 4. The number of methoxy groups -OCH3 is 1. The van der Waals surface area contributed by atoms with E-state index in [0.717, 1.165) is 49.2 Å². The maximum Gasteiger partial charge on any atom is 0.118 e. The average molecular weight is 332 g/mol. The Kier molecular flexibility index (Phi) is 4.94. The molecule has 1 aliphatic rings. The Balaban J connectivity index is 1.57. The largest absolute Gasteiger partial charge is 0.497 e. The predicted molar refractivity (Wildman–Crippen MR) is 96.3 cm³/mol. The molecule has 0 bridgehead atoms. The minimum absolute atomic E-state index is 0.705. The van der Waals surface area contributed by atoms with E-state index in [-0.39, 0.29) is 0 Å². The van der Waals surface area contributed by atoms with Crippen molar-refractivity contribution < 1.29 is 4.74 Å². The summed E-state index contributed by atoms with van der Waals surface area (Å²) in [6.07, 6.45) is 0. The summed E-state index contributed by atoms with van der Waals surface area (Å²) in [4.78, 5) is 4.79. The highest BCUT2D eigenvalue weighted by Gasteiger charge is 2.19. The van der Waals surface area contributed by atoms with E-state index in [2.05, 4.69) is 21.9 Å². The van der Waals surface area contributed by atoms with Crippen molar-refractivity contribution in [3.05, 3.63) is 53.1 Å². The topological polar surface area (TPSA) is 41.7 Å². The normalized spacial score (nSPS) is 15.7. The van der Waals surface area contributed by atoms with E-state index in [9.17, 15) is 0 Å². The van der Waals surface area contributed by atoms with Gasteiger partial charge in [-0.05, 0) is 35.9 Å². The minimum atomic E-state index is 0.705. The van der Waals surface area contributed by atoms with Gasteiger partial charge in [0.15, 0.2) is 0 Å². The van der Waals surface area contributed by atoms with Gasteiger partial charge in [-0.3, -0.25) is 4.90 Å². The fraction of sp³-hybridized carbons (Fsp3) is 0.333. The number of rotatable bonds is 4. The standard InChI is InChI=1S/C18H22ClN3O/c1-23-16-5-2-14(3-6-16)13-21-8-10-22(11-9-21)18-7-4-15(20)12-17(18)19/h2-7,12H,8-11,13,20H2,1H3. The van der Waals surface area contributed by atoms with Crippen molar-refractivity contribution in [3.8, 4) is 5.75 Å². The third kappa shape index (κ3) is 3.89. The highest BCUT2D eigenvalue weighted by Crippen LogP contribution is 2.28. The Morgan fingerprint density at radius 1 is 1.04 bits per heavy atom. The third-order valence-electron chi connectivity index (χ3n) is 4.25. The zero-order valence-corrected chi connectivity index (χ0v) is 14.1. The van der Waals surface area contributed by atoms with E-state index in [0.29, 0.717) is 5.69 Å². The molecule has 23 heavy (non-hydrogen) atoms. The zero-order chi connectivity index (χ0) is 16.2. The van der Waals surface area contributed by atoms with Crippen molar-refractivity contribution >= 4 is 23.0 Å². The molecular weight excluding hydrogens is 310 g/mol.